The zero-order chi connectivity index (χ0) is 41.0. The largest absolute Gasteiger partial charge is 0.309 e. The van der Waals surface area contributed by atoms with E-state index in [4.69, 9.17) is 4.98 Å². The monoisotopic (exact) mass is 820 g/mol. The number of rotatable bonds is 8. The van der Waals surface area contributed by atoms with Gasteiger partial charge in [-0.3, -0.25) is 4.40 Å². The molecule has 0 aliphatic carbocycles. The lowest BCUT2D eigenvalue weighted by atomic mass is 9.97. The first-order chi connectivity index (χ1) is 30.0. The fourth-order valence-electron chi connectivity index (χ4n) is 8.89. The highest BCUT2D eigenvalue weighted by Crippen LogP contribution is 2.44. The van der Waals surface area contributed by atoms with E-state index < -0.39 is 14.3 Å². The van der Waals surface area contributed by atoms with Crippen LogP contribution in [0.25, 0.3) is 60.6 Å². The molecule has 0 N–H and O–H groups in total. The zero-order valence-corrected chi connectivity index (χ0v) is 34.8. The molecule has 290 valence electrons. The van der Waals surface area contributed by atoms with Crippen molar-refractivity contribution in [1.29, 1.82) is 0 Å². The van der Waals surface area contributed by atoms with Crippen molar-refractivity contribution >= 4 is 84.5 Å². The molecule has 0 aliphatic heterocycles. The Labute approximate surface area is 354 Å². The molecule has 0 amide bonds. The summed E-state index contributed by atoms with van der Waals surface area (Å²) in [7, 11) is -6.19. The Morgan fingerprint density at radius 2 is 0.689 bits per heavy atom. The van der Waals surface area contributed by atoms with Crippen molar-refractivity contribution in [3.05, 3.63) is 231 Å². The van der Waals surface area contributed by atoms with Crippen molar-refractivity contribution in [2.75, 3.05) is 0 Å². The Bertz CT molecular complexity index is 3410. The average molecular weight is 821 g/mol. The number of para-hydroxylation sites is 2. The molecule has 0 atom stereocenters. The predicted molar refractivity (Wildman–Crippen MR) is 257 cm³/mol. The lowest BCUT2D eigenvalue weighted by Crippen LogP contribution is -2.24. The topological polar surface area (TPSA) is 51.4 Å². The van der Waals surface area contributed by atoms with Crippen LogP contribution in [-0.2, 0) is 9.13 Å². The summed E-state index contributed by atoms with van der Waals surface area (Å²) in [6, 6.07) is 77.2. The summed E-state index contributed by atoms with van der Waals surface area (Å²) in [4.78, 5) is 5.24. The SMILES string of the molecule is O=P(c1ccccc1)(c1ccccc1)c1ccc(-c2ccc3c4ccc(-c5ccc(P(=O)(c6ccccc6)c6ccccc6)cc5)cc4n4c5ccccc5nc4c3c2)cc1. The molecule has 61 heavy (non-hydrogen) atoms. The summed E-state index contributed by atoms with van der Waals surface area (Å²) in [6.07, 6.45) is 0. The van der Waals surface area contributed by atoms with Crippen molar-refractivity contribution in [2.24, 2.45) is 0 Å². The molecule has 0 bridgehead atoms. The zero-order valence-electron chi connectivity index (χ0n) is 33.0. The average Bonchev–Trinajstić information content (AvgIpc) is 3.75. The summed E-state index contributed by atoms with van der Waals surface area (Å²) in [5, 5.41) is 8.16. The first-order valence-electron chi connectivity index (χ1n) is 20.4. The summed E-state index contributed by atoms with van der Waals surface area (Å²) >= 11 is 0. The van der Waals surface area contributed by atoms with Crippen LogP contribution in [-0.4, -0.2) is 9.38 Å². The maximum atomic E-state index is 15.1. The van der Waals surface area contributed by atoms with Gasteiger partial charge in [0, 0.05) is 42.6 Å². The third kappa shape index (κ3) is 6.10. The Hall–Kier alpha value is -7.09. The van der Waals surface area contributed by atoms with Gasteiger partial charge in [-0.25, -0.2) is 4.98 Å². The number of aromatic nitrogens is 2. The molecule has 2 aromatic heterocycles. The molecular formula is C55H38N2O2P2. The van der Waals surface area contributed by atoms with Crippen LogP contribution in [0.15, 0.2) is 231 Å². The van der Waals surface area contributed by atoms with Gasteiger partial charge in [0.1, 0.15) is 5.65 Å². The number of fused-ring (bicyclic) bond motifs is 8. The van der Waals surface area contributed by atoms with Gasteiger partial charge >= 0.3 is 0 Å². The van der Waals surface area contributed by atoms with Gasteiger partial charge < -0.3 is 9.13 Å². The summed E-state index contributed by atoms with van der Waals surface area (Å²) < 4.78 is 32.4. The Kier molecular flexibility index (Phi) is 9.01. The lowest BCUT2D eigenvalue weighted by Gasteiger charge is -2.20. The first kappa shape index (κ1) is 36.9. The van der Waals surface area contributed by atoms with Crippen LogP contribution in [0.2, 0.25) is 0 Å². The van der Waals surface area contributed by atoms with Gasteiger partial charge in [-0.1, -0.05) is 206 Å². The number of hydrogen-bond donors (Lipinski definition) is 0. The second-order valence-corrected chi connectivity index (χ2v) is 20.9. The van der Waals surface area contributed by atoms with Crippen LogP contribution in [0.1, 0.15) is 0 Å². The van der Waals surface area contributed by atoms with E-state index in [-0.39, 0.29) is 0 Å². The minimum absolute atomic E-state index is 0.800. The highest BCUT2D eigenvalue weighted by Gasteiger charge is 2.31. The van der Waals surface area contributed by atoms with Crippen molar-refractivity contribution < 1.29 is 9.13 Å². The van der Waals surface area contributed by atoms with Crippen molar-refractivity contribution in [1.82, 2.24) is 9.38 Å². The maximum absolute atomic E-state index is 15.1. The third-order valence-electron chi connectivity index (χ3n) is 12.0. The lowest BCUT2D eigenvalue weighted by molar-refractivity contribution is 0.591. The normalized spacial score (nSPS) is 12.1. The molecule has 4 nitrogen and oxygen atoms in total. The van der Waals surface area contributed by atoms with Crippen molar-refractivity contribution in [3.8, 4) is 22.3 Å². The van der Waals surface area contributed by atoms with Crippen LogP contribution in [0.3, 0.4) is 0 Å². The van der Waals surface area contributed by atoms with Crippen LogP contribution in [0, 0.1) is 0 Å². The number of benzene rings is 9. The smallest absolute Gasteiger partial charge is 0.171 e. The first-order valence-corrected chi connectivity index (χ1v) is 23.8. The molecule has 0 saturated carbocycles. The molecule has 0 spiro atoms. The fraction of sp³-hybridized carbons (Fsp3) is 0. The second kappa shape index (κ2) is 14.9. The van der Waals surface area contributed by atoms with Crippen LogP contribution >= 0.6 is 14.3 Å². The molecular weight excluding hydrogens is 783 g/mol. The van der Waals surface area contributed by atoms with E-state index in [1.54, 1.807) is 0 Å². The van der Waals surface area contributed by atoms with Gasteiger partial charge in [0.15, 0.2) is 14.3 Å². The summed E-state index contributed by atoms with van der Waals surface area (Å²) in [5.74, 6) is 0. The Morgan fingerprint density at radius 1 is 0.311 bits per heavy atom. The molecule has 0 fully saturated rings. The molecule has 0 saturated heterocycles. The van der Waals surface area contributed by atoms with Crippen molar-refractivity contribution in [3.63, 3.8) is 0 Å². The summed E-state index contributed by atoms with van der Waals surface area (Å²) in [5.41, 5.74) is 8.11. The van der Waals surface area contributed by atoms with Gasteiger partial charge in [-0.2, -0.15) is 0 Å². The van der Waals surface area contributed by atoms with Gasteiger partial charge in [0.25, 0.3) is 0 Å². The minimum Gasteiger partial charge on any atom is -0.309 e. The Morgan fingerprint density at radius 3 is 1.16 bits per heavy atom. The minimum atomic E-state index is -3.09. The van der Waals surface area contributed by atoms with E-state index >= 15 is 9.13 Å². The van der Waals surface area contributed by atoms with Crippen LogP contribution in [0.5, 0.6) is 0 Å². The van der Waals surface area contributed by atoms with E-state index in [1.165, 1.54) is 0 Å². The molecule has 11 rings (SSSR count). The molecule has 0 aliphatic rings. The molecule has 0 radical (unpaired) electrons. The highest BCUT2D eigenvalue weighted by molar-refractivity contribution is 7.85. The number of imidazole rings is 1. The third-order valence-corrected chi connectivity index (χ3v) is 18.1. The number of nitrogens with zero attached hydrogens (tertiary/aromatic N) is 2. The van der Waals surface area contributed by atoms with Gasteiger partial charge in [0.05, 0.1) is 16.6 Å². The predicted octanol–water partition coefficient (Wildman–Crippen LogP) is 11.4. The highest BCUT2D eigenvalue weighted by atomic mass is 31.2. The van der Waals surface area contributed by atoms with Gasteiger partial charge in [-0.05, 0) is 51.9 Å². The Balaban J connectivity index is 1.02. The molecule has 11 aromatic rings. The number of pyridine rings is 1. The van der Waals surface area contributed by atoms with Gasteiger partial charge in [0.2, 0.25) is 0 Å². The quantitative estimate of drug-likeness (QED) is 0.113. The molecule has 9 aromatic carbocycles. The fourth-order valence-corrected chi connectivity index (χ4v) is 14.2. The van der Waals surface area contributed by atoms with E-state index in [0.29, 0.717) is 0 Å². The number of hydrogen-bond acceptors (Lipinski definition) is 3. The molecule has 6 heteroatoms. The van der Waals surface area contributed by atoms with E-state index in [9.17, 15) is 0 Å². The van der Waals surface area contributed by atoms with Crippen LogP contribution < -0.4 is 31.8 Å². The van der Waals surface area contributed by atoms with E-state index in [2.05, 4.69) is 83.3 Å². The van der Waals surface area contributed by atoms with E-state index in [1.807, 2.05) is 152 Å². The standard InChI is InChI=1S/C55H38N2O2P2/c58-60(43-15-5-1-6-16-43,44-17-7-2-8-18-44)47-31-25-39(26-32-47)41-29-35-49-50-36-30-42(38-54(50)57-53-24-14-13-23-52(53)56-55(57)51(49)37-41)40-27-33-48(34-28-40)61(59,45-19-9-3-10-20-45)46-21-11-4-12-22-46/h1-38H. The maximum Gasteiger partial charge on any atom is 0.171 e. The summed E-state index contributed by atoms with van der Waals surface area (Å²) in [6.45, 7) is 0. The second-order valence-electron chi connectivity index (χ2n) is 15.4. The van der Waals surface area contributed by atoms with E-state index in [0.717, 1.165) is 92.4 Å². The molecule has 2 heterocycles. The molecule has 0 unspecified atom stereocenters. The van der Waals surface area contributed by atoms with Crippen molar-refractivity contribution in [2.45, 2.75) is 0 Å². The van der Waals surface area contributed by atoms with Gasteiger partial charge in [-0.15, -0.1) is 0 Å². The van der Waals surface area contributed by atoms with Crippen LogP contribution in [0.4, 0.5) is 0 Å².